The molecule has 2 N–H and O–H groups in total. The molecule has 2 aromatic rings. The fraction of sp³-hybridized carbons (Fsp3) is 0.450. The number of amides is 3. The highest BCUT2D eigenvalue weighted by atomic mass is 32.2. The second-order valence-corrected chi connectivity index (χ2v) is 9.34. The third kappa shape index (κ3) is 4.67. The van der Waals surface area contributed by atoms with Crippen molar-refractivity contribution in [2.45, 2.75) is 43.9 Å². The molecule has 2 aromatic heterocycles. The van der Waals surface area contributed by atoms with Crippen LogP contribution in [0.2, 0.25) is 0 Å². The highest BCUT2D eigenvalue weighted by Crippen LogP contribution is 2.38. The van der Waals surface area contributed by atoms with Crippen LogP contribution in [0.1, 0.15) is 46.5 Å². The quantitative estimate of drug-likeness (QED) is 0.707. The fourth-order valence-electron chi connectivity index (χ4n) is 3.74. The van der Waals surface area contributed by atoms with Crippen LogP contribution in [0, 0.1) is 0 Å². The van der Waals surface area contributed by atoms with E-state index in [1.54, 1.807) is 11.3 Å². The minimum absolute atomic E-state index is 0.115. The maximum Gasteiger partial charge on any atom is 0.341 e. The molecule has 0 aromatic carbocycles. The van der Waals surface area contributed by atoms with E-state index in [0.29, 0.717) is 5.56 Å². The van der Waals surface area contributed by atoms with Crippen LogP contribution in [0.15, 0.2) is 24.5 Å². The maximum atomic E-state index is 12.8. The zero-order valence-corrected chi connectivity index (χ0v) is 17.6. The molecule has 1 fully saturated rings. The van der Waals surface area contributed by atoms with Crippen molar-refractivity contribution in [1.29, 1.82) is 0 Å². The van der Waals surface area contributed by atoms with Crippen LogP contribution in [0.3, 0.4) is 0 Å². The van der Waals surface area contributed by atoms with Crippen LogP contribution in [-0.2, 0) is 21.7 Å². The number of carbonyl (C=O) groups excluding carboxylic acids is 3. The summed E-state index contributed by atoms with van der Waals surface area (Å²) in [6, 6.07) is 3.39. The van der Waals surface area contributed by atoms with Gasteiger partial charge in [-0.3, -0.25) is 10.1 Å². The third-order valence-corrected chi connectivity index (χ3v) is 7.54. The summed E-state index contributed by atoms with van der Waals surface area (Å²) in [6.07, 6.45) is 8.62. The molecule has 2 aliphatic rings. The molecule has 1 saturated carbocycles. The monoisotopic (exact) mass is 433 g/mol. The average Bonchev–Trinajstić information content (AvgIpc) is 3.45. The number of hydrogen-bond donors (Lipinski definition) is 2. The van der Waals surface area contributed by atoms with Crippen LogP contribution < -0.4 is 10.6 Å². The Labute approximate surface area is 177 Å². The van der Waals surface area contributed by atoms with E-state index in [4.69, 9.17) is 4.74 Å². The van der Waals surface area contributed by atoms with Gasteiger partial charge in [0.1, 0.15) is 5.00 Å². The second kappa shape index (κ2) is 9.04. The topological polar surface area (TPSA) is 89.4 Å². The van der Waals surface area contributed by atoms with Gasteiger partial charge in [0.2, 0.25) is 0 Å². The van der Waals surface area contributed by atoms with Gasteiger partial charge >= 0.3 is 12.0 Å². The summed E-state index contributed by atoms with van der Waals surface area (Å²) in [4.78, 5) is 38.0. The Kier molecular flexibility index (Phi) is 6.25. The van der Waals surface area contributed by atoms with Crippen molar-refractivity contribution >= 4 is 41.0 Å². The summed E-state index contributed by atoms with van der Waals surface area (Å²) in [7, 11) is 0. The number of thiophene rings is 1. The van der Waals surface area contributed by atoms with Crippen molar-refractivity contribution < 1.29 is 19.1 Å². The van der Waals surface area contributed by atoms with E-state index in [0.717, 1.165) is 54.2 Å². The number of nitrogens with zero attached hydrogens (tertiary/aromatic N) is 1. The van der Waals surface area contributed by atoms with E-state index < -0.39 is 24.5 Å². The first kappa shape index (κ1) is 20.0. The lowest BCUT2D eigenvalue weighted by molar-refractivity contribution is -0.123. The van der Waals surface area contributed by atoms with Gasteiger partial charge in [-0.1, -0.05) is 12.8 Å². The van der Waals surface area contributed by atoms with Gasteiger partial charge in [-0.2, -0.15) is 11.8 Å². The number of aromatic nitrogens is 1. The molecule has 0 saturated heterocycles. The van der Waals surface area contributed by atoms with Crippen LogP contribution in [-0.4, -0.2) is 40.9 Å². The molecule has 9 heteroatoms. The Morgan fingerprint density at radius 2 is 1.93 bits per heavy atom. The van der Waals surface area contributed by atoms with Gasteiger partial charge in [-0.25, -0.2) is 9.59 Å². The molecule has 1 aliphatic heterocycles. The highest BCUT2D eigenvalue weighted by molar-refractivity contribution is 7.98. The van der Waals surface area contributed by atoms with Gasteiger partial charge in [-0.05, 0) is 42.7 Å². The standard InChI is InChI=1S/C20H23N3O4S2/c24-16(22-20(26)21-13-5-1-2-6-13)11-27-19(25)17-14-7-10-28-12-15(14)29-18(17)23-8-3-4-9-23/h3-4,8-9,13H,1-2,5-7,10-12H2,(H2,21,22,24,26). The Balaban J connectivity index is 1.40. The van der Waals surface area contributed by atoms with Crippen molar-refractivity contribution in [3.63, 3.8) is 0 Å². The van der Waals surface area contributed by atoms with Crippen molar-refractivity contribution in [2.75, 3.05) is 12.4 Å². The largest absolute Gasteiger partial charge is 0.452 e. The summed E-state index contributed by atoms with van der Waals surface area (Å²) >= 11 is 3.43. The van der Waals surface area contributed by atoms with Crippen molar-refractivity contribution in [3.05, 3.63) is 40.5 Å². The van der Waals surface area contributed by atoms with Crippen molar-refractivity contribution in [3.8, 4) is 5.00 Å². The number of nitrogens with one attached hydrogen (secondary N) is 2. The number of urea groups is 1. The molecule has 3 heterocycles. The Morgan fingerprint density at radius 3 is 2.69 bits per heavy atom. The number of ether oxygens (including phenoxy) is 1. The summed E-state index contributed by atoms with van der Waals surface area (Å²) < 4.78 is 7.18. The molecular formula is C20H23N3O4S2. The van der Waals surface area contributed by atoms with E-state index in [1.165, 1.54) is 4.88 Å². The molecule has 0 unspecified atom stereocenters. The lowest BCUT2D eigenvalue weighted by atomic mass is 10.1. The molecule has 0 radical (unpaired) electrons. The SMILES string of the molecule is O=C(COC(=O)c1c(-n2cccc2)sc2c1CCSC2)NC(=O)NC1CCCC1. The van der Waals surface area contributed by atoms with Crippen LogP contribution in [0.25, 0.3) is 5.00 Å². The van der Waals surface area contributed by atoms with Gasteiger partial charge in [0.15, 0.2) is 6.61 Å². The van der Waals surface area contributed by atoms with Crippen LogP contribution in [0.5, 0.6) is 0 Å². The number of fused-ring (bicyclic) bond motifs is 1. The Hall–Kier alpha value is -2.26. The van der Waals surface area contributed by atoms with Crippen LogP contribution in [0.4, 0.5) is 4.79 Å². The molecular weight excluding hydrogens is 410 g/mol. The summed E-state index contributed by atoms with van der Waals surface area (Å²) in [5.74, 6) is 0.681. The Morgan fingerprint density at radius 1 is 1.17 bits per heavy atom. The first-order valence-corrected chi connectivity index (χ1v) is 11.7. The molecule has 0 bridgehead atoms. The summed E-state index contributed by atoms with van der Waals surface area (Å²) in [6.45, 7) is -0.485. The normalized spacial score (nSPS) is 16.3. The molecule has 29 heavy (non-hydrogen) atoms. The zero-order chi connectivity index (χ0) is 20.2. The van der Waals surface area contributed by atoms with Gasteiger partial charge in [0.25, 0.3) is 5.91 Å². The maximum absolute atomic E-state index is 12.8. The number of rotatable bonds is 5. The fourth-order valence-corrected chi connectivity index (χ4v) is 6.17. The molecule has 4 rings (SSSR count). The first-order valence-electron chi connectivity index (χ1n) is 9.75. The first-order chi connectivity index (χ1) is 14.1. The van der Waals surface area contributed by atoms with E-state index in [-0.39, 0.29) is 6.04 Å². The van der Waals surface area contributed by atoms with Gasteiger partial charge in [0, 0.05) is 29.1 Å². The van der Waals surface area contributed by atoms with Gasteiger partial charge in [0.05, 0.1) is 5.56 Å². The van der Waals surface area contributed by atoms with Crippen molar-refractivity contribution in [1.82, 2.24) is 15.2 Å². The van der Waals surface area contributed by atoms with Crippen LogP contribution >= 0.6 is 23.1 Å². The predicted octanol–water partition coefficient (Wildman–Crippen LogP) is 3.25. The third-order valence-electron chi connectivity index (χ3n) is 5.12. The Bertz CT molecular complexity index is 901. The molecule has 154 valence electrons. The molecule has 7 nitrogen and oxygen atoms in total. The van der Waals surface area contributed by atoms with Gasteiger partial charge in [-0.15, -0.1) is 11.3 Å². The lowest BCUT2D eigenvalue weighted by Gasteiger charge is -2.13. The predicted molar refractivity (Wildman–Crippen MR) is 113 cm³/mol. The second-order valence-electron chi connectivity index (χ2n) is 7.16. The molecule has 0 atom stereocenters. The van der Waals surface area contributed by atoms with E-state index in [1.807, 2.05) is 40.9 Å². The lowest BCUT2D eigenvalue weighted by Crippen LogP contribution is -2.45. The van der Waals surface area contributed by atoms with E-state index in [9.17, 15) is 14.4 Å². The molecule has 0 spiro atoms. The zero-order valence-electron chi connectivity index (χ0n) is 15.9. The minimum Gasteiger partial charge on any atom is -0.452 e. The molecule has 1 aliphatic carbocycles. The summed E-state index contributed by atoms with van der Waals surface area (Å²) in [5, 5.41) is 5.83. The minimum atomic E-state index is -0.629. The van der Waals surface area contributed by atoms with Crippen molar-refractivity contribution in [2.24, 2.45) is 0 Å². The number of carbonyl (C=O) groups is 3. The van der Waals surface area contributed by atoms with E-state index in [2.05, 4.69) is 10.6 Å². The number of imide groups is 1. The number of hydrogen-bond acceptors (Lipinski definition) is 6. The average molecular weight is 434 g/mol. The summed E-state index contributed by atoms with van der Waals surface area (Å²) in [5.41, 5.74) is 1.55. The number of thioether (sulfide) groups is 1. The van der Waals surface area contributed by atoms with Gasteiger partial charge < -0.3 is 14.6 Å². The smallest absolute Gasteiger partial charge is 0.341 e. The highest BCUT2D eigenvalue weighted by Gasteiger charge is 2.28. The number of esters is 1. The van der Waals surface area contributed by atoms with E-state index >= 15 is 0 Å². The molecule has 3 amide bonds.